The fraction of sp³-hybridized carbons (Fsp3) is 0. The Kier molecular flexibility index (Phi) is 2.01. The third kappa shape index (κ3) is 1.28. The van der Waals surface area contributed by atoms with Crippen molar-refractivity contribution in [3.63, 3.8) is 0 Å². The Morgan fingerprint density at radius 1 is 0.650 bits per heavy atom. The van der Waals surface area contributed by atoms with Crippen LogP contribution in [-0.2, 0) is 0 Å². The molecule has 0 atom stereocenters. The Labute approximate surface area is 121 Å². The van der Waals surface area contributed by atoms with Crippen LogP contribution in [0.4, 0.5) is 0 Å². The van der Waals surface area contributed by atoms with Crippen LogP contribution in [0.5, 0.6) is 0 Å². The van der Waals surface area contributed by atoms with Crippen LogP contribution in [0.3, 0.4) is 0 Å². The van der Waals surface area contributed by atoms with Gasteiger partial charge in [0.1, 0.15) is 0 Å². The number of benzene rings is 3. The van der Waals surface area contributed by atoms with Crippen molar-refractivity contribution in [2.45, 2.75) is 0 Å². The fourth-order valence-electron chi connectivity index (χ4n) is 3.13. The van der Waals surface area contributed by atoms with Crippen molar-refractivity contribution in [2.75, 3.05) is 0 Å². The predicted octanol–water partition coefficient (Wildman–Crippen LogP) is 4.68. The Bertz CT molecular complexity index is 1100. The van der Waals surface area contributed by atoms with Crippen LogP contribution in [0.25, 0.3) is 41.1 Å². The number of H-pyrrole nitrogens is 1. The molecule has 2 heteroatoms. The minimum absolute atomic E-state index is 0.442. The molecule has 2 heterocycles. The number of hydrogen-bond acceptors (Lipinski definition) is 0. The molecule has 5 rings (SSSR count). The van der Waals surface area contributed by atoms with E-state index in [1.165, 1.54) is 41.1 Å². The average molecular weight is 320 g/mol. The number of rotatable bonds is 0. The molecule has 0 aliphatic carbocycles. The van der Waals surface area contributed by atoms with Crippen molar-refractivity contribution in [3.05, 3.63) is 60.7 Å². The number of aromatic amines is 1. The van der Waals surface area contributed by atoms with Gasteiger partial charge in [0.25, 0.3) is 0 Å². The summed E-state index contributed by atoms with van der Waals surface area (Å²) in [5.74, 6) is 0. The van der Waals surface area contributed by atoms with Gasteiger partial charge < -0.3 is 0 Å². The van der Waals surface area contributed by atoms with Gasteiger partial charge in [-0.1, -0.05) is 0 Å². The first-order valence-corrected chi connectivity index (χ1v) is 8.44. The Morgan fingerprint density at radius 3 is 2.40 bits per heavy atom. The van der Waals surface area contributed by atoms with Gasteiger partial charge >= 0.3 is 121 Å². The maximum absolute atomic E-state index is 3.63. The second-order valence-corrected chi connectivity index (χ2v) is 7.40. The Hall–Kier alpha value is -2.02. The molecule has 1 nitrogen and oxygen atoms in total. The summed E-state index contributed by atoms with van der Waals surface area (Å²) < 4.78 is 3.00. The monoisotopic (exact) mass is 321 g/mol. The average Bonchev–Trinajstić information content (AvgIpc) is 3.04. The summed E-state index contributed by atoms with van der Waals surface area (Å²) >= 11 is 0.442. The van der Waals surface area contributed by atoms with Gasteiger partial charge in [0.15, 0.2) is 0 Å². The van der Waals surface area contributed by atoms with E-state index >= 15 is 0 Å². The number of para-hydroxylation sites is 1. The Morgan fingerprint density at radius 2 is 1.45 bits per heavy atom. The van der Waals surface area contributed by atoms with E-state index < -0.39 is 0 Å². The molecule has 20 heavy (non-hydrogen) atoms. The van der Waals surface area contributed by atoms with Crippen molar-refractivity contribution in [1.82, 2.24) is 4.98 Å². The molecule has 0 saturated heterocycles. The SMILES string of the molecule is c1ccc2c(c1)[nH]c1c2ccc2[se]c3ccccc3c21. The van der Waals surface area contributed by atoms with Crippen LogP contribution in [0, 0.1) is 0 Å². The molecule has 2 aromatic heterocycles. The van der Waals surface area contributed by atoms with Crippen LogP contribution < -0.4 is 0 Å². The maximum atomic E-state index is 3.63. The molecular weight excluding hydrogens is 309 g/mol. The topological polar surface area (TPSA) is 15.8 Å². The van der Waals surface area contributed by atoms with Gasteiger partial charge in [0.05, 0.1) is 0 Å². The van der Waals surface area contributed by atoms with Crippen molar-refractivity contribution >= 4 is 55.6 Å². The second kappa shape index (κ2) is 3.76. The minimum atomic E-state index is 0.442. The molecular formula is C18H11NSe. The normalized spacial score (nSPS) is 12.0. The number of hydrogen-bond donors (Lipinski definition) is 1. The molecule has 0 amide bonds. The molecule has 0 unspecified atom stereocenters. The number of fused-ring (bicyclic) bond motifs is 7. The van der Waals surface area contributed by atoms with Crippen LogP contribution in [0.1, 0.15) is 0 Å². The van der Waals surface area contributed by atoms with E-state index in [0.717, 1.165) is 0 Å². The van der Waals surface area contributed by atoms with E-state index in [2.05, 4.69) is 65.6 Å². The predicted molar refractivity (Wildman–Crippen MR) is 87.8 cm³/mol. The van der Waals surface area contributed by atoms with Crippen molar-refractivity contribution in [2.24, 2.45) is 0 Å². The summed E-state index contributed by atoms with van der Waals surface area (Å²) in [5.41, 5.74) is 2.53. The summed E-state index contributed by atoms with van der Waals surface area (Å²) in [5, 5.41) is 5.50. The van der Waals surface area contributed by atoms with E-state index in [4.69, 9.17) is 0 Å². The first-order valence-electron chi connectivity index (χ1n) is 6.72. The third-order valence-corrected chi connectivity index (χ3v) is 6.40. The van der Waals surface area contributed by atoms with Crippen molar-refractivity contribution in [3.8, 4) is 0 Å². The molecule has 0 spiro atoms. The standard InChI is InChI=1S/C18H11NSe/c1-3-7-14-11(5-1)12-9-10-16-17(18(12)19-14)13-6-2-4-8-15(13)20-16/h1-10,19H. The molecule has 0 aliphatic heterocycles. The zero-order valence-corrected chi connectivity index (χ0v) is 12.4. The summed E-state index contributed by atoms with van der Waals surface area (Å²) in [6.45, 7) is 0. The van der Waals surface area contributed by atoms with E-state index in [1.54, 1.807) is 0 Å². The molecule has 0 radical (unpaired) electrons. The van der Waals surface area contributed by atoms with Gasteiger partial charge in [-0.25, -0.2) is 0 Å². The number of aromatic nitrogens is 1. The quantitative estimate of drug-likeness (QED) is 0.399. The summed E-state index contributed by atoms with van der Waals surface area (Å²) in [6, 6.07) is 22.0. The first-order chi connectivity index (χ1) is 9.92. The van der Waals surface area contributed by atoms with Gasteiger partial charge in [-0.15, -0.1) is 0 Å². The van der Waals surface area contributed by atoms with Crippen molar-refractivity contribution in [1.29, 1.82) is 0 Å². The van der Waals surface area contributed by atoms with Gasteiger partial charge in [-0.05, 0) is 0 Å². The molecule has 5 aromatic rings. The van der Waals surface area contributed by atoms with Crippen LogP contribution in [0.15, 0.2) is 60.7 Å². The van der Waals surface area contributed by atoms with E-state index in [-0.39, 0.29) is 0 Å². The molecule has 0 fully saturated rings. The molecule has 0 saturated carbocycles. The molecule has 3 aromatic carbocycles. The van der Waals surface area contributed by atoms with Crippen molar-refractivity contribution < 1.29 is 0 Å². The zero-order valence-electron chi connectivity index (χ0n) is 10.7. The van der Waals surface area contributed by atoms with E-state index in [1.807, 2.05) is 0 Å². The van der Waals surface area contributed by atoms with Gasteiger partial charge in [-0.3, -0.25) is 0 Å². The fourth-order valence-corrected chi connectivity index (χ4v) is 5.47. The van der Waals surface area contributed by atoms with Crippen LogP contribution in [-0.4, -0.2) is 19.5 Å². The molecule has 0 bridgehead atoms. The number of nitrogens with one attached hydrogen (secondary N) is 1. The van der Waals surface area contributed by atoms with Gasteiger partial charge in [0, 0.05) is 0 Å². The Balaban J connectivity index is 2.14. The zero-order chi connectivity index (χ0) is 13.1. The van der Waals surface area contributed by atoms with Crippen LogP contribution in [0.2, 0.25) is 0 Å². The molecule has 1 N–H and O–H groups in total. The van der Waals surface area contributed by atoms with E-state index in [9.17, 15) is 0 Å². The van der Waals surface area contributed by atoms with Gasteiger partial charge in [0.2, 0.25) is 0 Å². The summed E-state index contributed by atoms with van der Waals surface area (Å²) in [4.78, 5) is 3.63. The molecule has 94 valence electrons. The van der Waals surface area contributed by atoms with E-state index in [0.29, 0.717) is 14.5 Å². The molecule has 0 aliphatic rings. The first kappa shape index (κ1) is 10.7. The third-order valence-electron chi connectivity index (χ3n) is 4.02. The second-order valence-electron chi connectivity index (χ2n) is 5.13. The summed E-state index contributed by atoms with van der Waals surface area (Å²) in [7, 11) is 0. The van der Waals surface area contributed by atoms with Gasteiger partial charge in [-0.2, -0.15) is 0 Å². The summed E-state index contributed by atoms with van der Waals surface area (Å²) in [6.07, 6.45) is 0. The van der Waals surface area contributed by atoms with Crippen LogP contribution >= 0.6 is 0 Å².